The van der Waals surface area contributed by atoms with E-state index >= 15 is 0 Å². The average molecular weight is 398 g/mol. The summed E-state index contributed by atoms with van der Waals surface area (Å²) in [5.41, 5.74) is 4.06. The van der Waals surface area contributed by atoms with Gasteiger partial charge in [-0.05, 0) is 65.8 Å². The molecular weight excluding hydrogens is 362 g/mol. The van der Waals surface area contributed by atoms with Crippen LogP contribution in [0.4, 0.5) is 4.79 Å². The molecule has 0 aromatic carbocycles. The summed E-state index contributed by atoms with van der Waals surface area (Å²) in [5.74, 6) is -1.16. The molecule has 2 N–H and O–H groups in total. The molecule has 0 aliphatic rings. The Labute approximate surface area is 147 Å². The van der Waals surface area contributed by atoms with Gasteiger partial charge in [-0.2, -0.15) is 0 Å². The lowest BCUT2D eigenvalue weighted by Gasteiger charge is -2.51. The van der Waals surface area contributed by atoms with Gasteiger partial charge < -0.3 is 23.7 Å². The van der Waals surface area contributed by atoms with Crippen LogP contribution in [0.3, 0.4) is 0 Å². The minimum atomic E-state index is -2.05. The van der Waals surface area contributed by atoms with Crippen molar-refractivity contribution in [1.29, 1.82) is 0 Å². The Hall–Kier alpha value is 0.0175. The molecule has 1 amide bonds. The predicted molar refractivity (Wildman–Crippen MR) is 105 cm³/mol. The van der Waals surface area contributed by atoms with E-state index in [-0.39, 0.29) is 0 Å². The van der Waals surface area contributed by atoms with Gasteiger partial charge in [0.2, 0.25) is 11.2 Å². The molecule has 23 heavy (non-hydrogen) atoms. The van der Waals surface area contributed by atoms with E-state index < -0.39 is 42.2 Å². The minimum Gasteiger partial charge on any atom is -0.418 e. The first-order valence-electron chi connectivity index (χ1n) is 7.88. The third kappa shape index (κ3) is 8.61. The molecule has 0 aromatic rings. The molecule has 0 aromatic heterocycles. The first-order chi connectivity index (χ1) is 9.79. The molecule has 0 fully saturated rings. The molecule has 1 atom stereocenters. The Balaban J connectivity index is 6.03. The van der Waals surface area contributed by atoms with E-state index in [1.165, 1.54) is 0 Å². The van der Waals surface area contributed by atoms with Gasteiger partial charge in [0.05, 0.1) is 10.2 Å². The summed E-state index contributed by atoms with van der Waals surface area (Å²) >= 11 is 0. The molecule has 0 radical (unpaired) electrons. The topological polar surface area (TPSA) is 80.0 Å². The number of ether oxygens (including phenoxy) is 1. The lowest BCUT2D eigenvalue weighted by atomic mass is 10.3. The maximum Gasteiger partial charge on any atom is 0.406 e. The highest BCUT2D eigenvalue weighted by Crippen LogP contribution is 2.37. The SMILES string of the molecule is CC(O[Si](C)(C)C)(O[Si](C)(C)C)C([SiH3])(OC(N)=O)O[Si](C)(C)C. The highest BCUT2D eigenvalue weighted by Gasteiger charge is 2.56. The first kappa shape index (κ1) is 23.0. The van der Waals surface area contributed by atoms with E-state index in [0.717, 1.165) is 0 Å². The van der Waals surface area contributed by atoms with Crippen molar-refractivity contribution in [1.82, 2.24) is 0 Å². The van der Waals surface area contributed by atoms with Crippen molar-refractivity contribution in [2.75, 3.05) is 0 Å². The molecule has 0 bridgehead atoms. The standard InChI is InChI=1S/C13H35NO5Si4/c1-12(17-21(2,3)4,18-22(5,6)7)13(20,16-11(14)15)19-23(8,9)10/h1-10,20H3,(H2,14,15). The largest absolute Gasteiger partial charge is 0.418 e. The van der Waals surface area contributed by atoms with Crippen LogP contribution in [0.15, 0.2) is 0 Å². The van der Waals surface area contributed by atoms with E-state index in [0.29, 0.717) is 10.2 Å². The van der Waals surface area contributed by atoms with Crippen LogP contribution in [0.1, 0.15) is 6.92 Å². The van der Waals surface area contributed by atoms with E-state index in [1.54, 1.807) is 0 Å². The minimum absolute atomic E-state index is 0.375. The monoisotopic (exact) mass is 397 g/mol. The van der Waals surface area contributed by atoms with Gasteiger partial charge >= 0.3 is 6.09 Å². The highest BCUT2D eigenvalue weighted by molar-refractivity contribution is 6.71. The van der Waals surface area contributed by atoms with Gasteiger partial charge in [0.25, 0.3) is 0 Å². The van der Waals surface area contributed by atoms with Crippen LogP contribution in [-0.4, -0.2) is 52.5 Å². The second kappa shape index (κ2) is 7.10. The number of carbonyl (C=O) groups is 1. The Kier molecular flexibility index (Phi) is 7.10. The van der Waals surface area contributed by atoms with Crippen molar-refractivity contribution >= 4 is 41.3 Å². The number of nitrogens with two attached hydrogens (primary N) is 1. The summed E-state index contributed by atoms with van der Waals surface area (Å²) in [4.78, 5) is 11.5. The summed E-state index contributed by atoms with van der Waals surface area (Å²) in [6.45, 7) is 20.3. The van der Waals surface area contributed by atoms with Gasteiger partial charge in [0.15, 0.2) is 25.0 Å². The smallest absolute Gasteiger partial charge is 0.406 e. The summed E-state index contributed by atoms with van der Waals surface area (Å²) < 4.78 is 24.5. The molecular formula is C13H35NO5Si4. The third-order valence-electron chi connectivity index (χ3n) is 2.62. The zero-order valence-electron chi connectivity index (χ0n) is 16.6. The van der Waals surface area contributed by atoms with Crippen LogP contribution in [0.5, 0.6) is 0 Å². The molecule has 0 heterocycles. The first-order valence-corrected chi connectivity index (χ1v) is 19.1. The molecule has 10 heteroatoms. The van der Waals surface area contributed by atoms with Gasteiger partial charge in [0, 0.05) is 0 Å². The van der Waals surface area contributed by atoms with Crippen molar-refractivity contribution in [2.24, 2.45) is 5.73 Å². The number of amides is 1. The lowest BCUT2D eigenvalue weighted by molar-refractivity contribution is -0.274. The predicted octanol–water partition coefficient (Wildman–Crippen LogP) is 2.37. The zero-order chi connectivity index (χ0) is 18.9. The van der Waals surface area contributed by atoms with Gasteiger partial charge in [-0.1, -0.05) is 0 Å². The second-order valence-electron chi connectivity index (χ2n) is 8.96. The molecule has 138 valence electrons. The quantitative estimate of drug-likeness (QED) is 0.502. The molecule has 0 aliphatic heterocycles. The van der Waals surface area contributed by atoms with Crippen molar-refractivity contribution in [2.45, 2.75) is 77.0 Å². The van der Waals surface area contributed by atoms with Gasteiger partial charge in [-0.15, -0.1) is 0 Å². The van der Waals surface area contributed by atoms with Crippen LogP contribution in [0, 0.1) is 0 Å². The normalized spacial score (nSPS) is 17.0. The third-order valence-corrected chi connectivity index (χ3v) is 7.35. The fourth-order valence-corrected chi connectivity index (χ4v) is 9.28. The number of hydrogen-bond donors (Lipinski definition) is 1. The zero-order valence-corrected chi connectivity index (χ0v) is 21.6. The Bertz CT molecular complexity index is 412. The van der Waals surface area contributed by atoms with E-state index in [1.807, 2.05) is 26.6 Å². The average Bonchev–Trinajstić information content (AvgIpc) is 2.04. The van der Waals surface area contributed by atoms with Crippen molar-refractivity contribution in [3.8, 4) is 0 Å². The summed E-state index contributed by atoms with van der Waals surface area (Å²) in [6.07, 6.45) is -0.872. The Morgan fingerprint density at radius 1 is 0.826 bits per heavy atom. The molecule has 0 aliphatic carbocycles. The van der Waals surface area contributed by atoms with Crippen molar-refractivity contribution in [3.05, 3.63) is 0 Å². The molecule has 0 saturated heterocycles. The fraction of sp³-hybridized carbons (Fsp3) is 0.923. The highest BCUT2D eigenvalue weighted by atomic mass is 28.4. The van der Waals surface area contributed by atoms with E-state index in [4.69, 9.17) is 23.7 Å². The van der Waals surface area contributed by atoms with Crippen molar-refractivity contribution < 1.29 is 22.8 Å². The van der Waals surface area contributed by atoms with Crippen LogP contribution < -0.4 is 5.73 Å². The molecule has 0 rings (SSSR count). The van der Waals surface area contributed by atoms with Gasteiger partial charge in [-0.25, -0.2) is 4.79 Å². The van der Waals surface area contributed by atoms with E-state index in [9.17, 15) is 4.79 Å². The lowest BCUT2D eigenvalue weighted by Crippen LogP contribution is -2.68. The van der Waals surface area contributed by atoms with Crippen LogP contribution in [0.25, 0.3) is 0 Å². The number of hydrogen-bond acceptors (Lipinski definition) is 5. The number of carbonyl (C=O) groups excluding carboxylic acids is 1. The molecule has 6 nitrogen and oxygen atoms in total. The van der Waals surface area contributed by atoms with Gasteiger partial charge in [-0.3, -0.25) is 0 Å². The maximum atomic E-state index is 11.5. The van der Waals surface area contributed by atoms with Crippen LogP contribution >= 0.6 is 0 Å². The summed E-state index contributed by atoms with van der Waals surface area (Å²) in [7, 11) is -5.68. The summed E-state index contributed by atoms with van der Waals surface area (Å²) in [5, 5.41) is 0. The number of rotatable bonds is 8. The maximum absolute atomic E-state index is 11.5. The van der Waals surface area contributed by atoms with Crippen LogP contribution in [0.2, 0.25) is 58.9 Å². The second-order valence-corrected chi connectivity index (χ2v) is 23.6. The van der Waals surface area contributed by atoms with Crippen molar-refractivity contribution in [3.63, 3.8) is 0 Å². The molecule has 0 saturated carbocycles. The van der Waals surface area contributed by atoms with Crippen LogP contribution in [-0.2, 0) is 18.0 Å². The Morgan fingerprint density at radius 2 is 1.13 bits per heavy atom. The van der Waals surface area contributed by atoms with E-state index in [2.05, 4.69) is 39.3 Å². The van der Waals surface area contributed by atoms with Gasteiger partial charge in [0.1, 0.15) is 0 Å². The Morgan fingerprint density at radius 3 is 1.35 bits per heavy atom. The molecule has 1 unspecified atom stereocenters. The number of primary amides is 1. The fourth-order valence-electron chi connectivity index (χ4n) is 2.36. The molecule has 0 spiro atoms. The summed E-state index contributed by atoms with van der Waals surface area (Å²) in [6, 6.07) is 0.